The van der Waals surface area contributed by atoms with Crippen molar-refractivity contribution in [1.82, 2.24) is 9.88 Å². The molecule has 1 aliphatic rings. The number of likely N-dealkylation sites (N-methyl/N-ethyl adjacent to an activating group) is 1. The Balaban J connectivity index is 2.25. The summed E-state index contributed by atoms with van der Waals surface area (Å²) >= 11 is 5.88. The van der Waals surface area contributed by atoms with E-state index in [9.17, 15) is 0 Å². The molecule has 0 amide bonds. The van der Waals surface area contributed by atoms with Crippen LogP contribution >= 0.6 is 11.6 Å². The monoisotopic (exact) mass is 254 g/mol. The van der Waals surface area contributed by atoms with Crippen LogP contribution < -0.4 is 10.6 Å². The average Bonchev–Trinajstić information content (AvgIpc) is 2.40. The summed E-state index contributed by atoms with van der Waals surface area (Å²) in [5.41, 5.74) is 6.66. The molecule has 2 N–H and O–H groups in total. The number of halogens is 1. The Morgan fingerprint density at radius 2 is 2.24 bits per heavy atom. The summed E-state index contributed by atoms with van der Waals surface area (Å²) in [4.78, 5) is 8.99. The Morgan fingerprint density at radius 3 is 2.94 bits per heavy atom. The number of hydrogen-bond acceptors (Lipinski definition) is 4. The molecule has 0 bridgehead atoms. The molecule has 94 valence electrons. The van der Waals surface area contributed by atoms with E-state index in [-0.39, 0.29) is 0 Å². The molecule has 2 heterocycles. The van der Waals surface area contributed by atoms with Crippen LogP contribution in [-0.4, -0.2) is 42.6 Å². The lowest BCUT2D eigenvalue weighted by molar-refractivity contribution is 0.337. The van der Waals surface area contributed by atoms with Crippen molar-refractivity contribution in [3.05, 3.63) is 17.3 Å². The van der Waals surface area contributed by atoms with Gasteiger partial charge in [-0.2, -0.15) is 0 Å². The van der Waals surface area contributed by atoms with E-state index >= 15 is 0 Å². The first-order chi connectivity index (χ1) is 8.08. The number of aromatic nitrogens is 1. The van der Waals surface area contributed by atoms with Crippen LogP contribution in [0.2, 0.25) is 5.02 Å². The number of rotatable bonds is 1. The maximum Gasteiger partial charge on any atom is 0.152 e. The first-order valence-electron chi connectivity index (χ1n) is 5.94. The van der Waals surface area contributed by atoms with E-state index in [0.29, 0.717) is 16.8 Å². The van der Waals surface area contributed by atoms with Crippen molar-refractivity contribution in [3.8, 4) is 0 Å². The van der Waals surface area contributed by atoms with E-state index in [1.807, 2.05) is 0 Å². The summed E-state index contributed by atoms with van der Waals surface area (Å²) in [6, 6.07) is 2.18. The van der Waals surface area contributed by atoms with E-state index in [1.54, 1.807) is 12.3 Å². The predicted molar refractivity (Wildman–Crippen MR) is 72.6 cm³/mol. The Hall–Kier alpha value is -1.00. The van der Waals surface area contributed by atoms with Gasteiger partial charge in [-0.15, -0.1) is 0 Å². The van der Waals surface area contributed by atoms with E-state index in [1.165, 1.54) is 0 Å². The van der Waals surface area contributed by atoms with Gasteiger partial charge in [0.1, 0.15) is 0 Å². The molecule has 1 aliphatic heterocycles. The van der Waals surface area contributed by atoms with Crippen LogP contribution in [0.1, 0.15) is 13.3 Å². The van der Waals surface area contributed by atoms with Gasteiger partial charge in [0, 0.05) is 25.3 Å². The predicted octanol–water partition coefficient (Wildman–Crippen LogP) is 1.85. The lowest BCUT2D eigenvalue weighted by atomic mass is 10.2. The molecule has 0 aromatic carbocycles. The molecule has 0 saturated carbocycles. The van der Waals surface area contributed by atoms with Gasteiger partial charge in [-0.25, -0.2) is 4.98 Å². The van der Waals surface area contributed by atoms with Crippen molar-refractivity contribution >= 4 is 23.1 Å². The summed E-state index contributed by atoms with van der Waals surface area (Å²) in [6.45, 7) is 5.35. The van der Waals surface area contributed by atoms with Crippen molar-refractivity contribution in [2.24, 2.45) is 0 Å². The van der Waals surface area contributed by atoms with Crippen LogP contribution in [0.5, 0.6) is 0 Å². The largest absolute Gasteiger partial charge is 0.396 e. The molecule has 1 fully saturated rings. The summed E-state index contributed by atoms with van der Waals surface area (Å²) in [6.07, 6.45) is 2.79. The third-order valence-electron chi connectivity index (χ3n) is 3.18. The highest BCUT2D eigenvalue weighted by Gasteiger charge is 2.22. The second-order valence-electron chi connectivity index (χ2n) is 4.72. The smallest absolute Gasteiger partial charge is 0.152 e. The van der Waals surface area contributed by atoms with Gasteiger partial charge in [0.25, 0.3) is 0 Å². The molecule has 1 atom stereocenters. The summed E-state index contributed by atoms with van der Waals surface area (Å²) in [5, 5.41) is 0.589. The normalized spacial score (nSPS) is 22.5. The summed E-state index contributed by atoms with van der Waals surface area (Å²) in [7, 11) is 2.15. The van der Waals surface area contributed by atoms with Crippen LogP contribution in [0.25, 0.3) is 0 Å². The third-order valence-corrected chi connectivity index (χ3v) is 3.39. The zero-order chi connectivity index (χ0) is 12.4. The van der Waals surface area contributed by atoms with Gasteiger partial charge >= 0.3 is 0 Å². The number of nitrogen functional groups attached to an aromatic ring is 1. The maximum absolute atomic E-state index is 6.00. The molecule has 0 aliphatic carbocycles. The Labute approximate surface area is 107 Å². The van der Waals surface area contributed by atoms with Crippen LogP contribution in [0, 0.1) is 0 Å². The first-order valence-corrected chi connectivity index (χ1v) is 6.32. The van der Waals surface area contributed by atoms with Crippen molar-refractivity contribution < 1.29 is 0 Å². The van der Waals surface area contributed by atoms with Gasteiger partial charge in [-0.1, -0.05) is 11.6 Å². The minimum atomic E-state index is 0.415. The zero-order valence-electron chi connectivity index (χ0n) is 10.4. The van der Waals surface area contributed by atoms with Gasteiger partial charge in [0.05, 0.1) is 10.7 Å². The summed E-state index contributed by atoms with van der Waals surface area (Å²) < 4.78 is 0. The molecule has 1 unspecified atom stereocenters. The van der Waals surface area contributed by atoms with Gasteiger partial charge in [0.2, 0.25) is 0 Å². The van der Waals surface area contributed by atoms with Crippen LogP contribution in [0.4, 0.5) is 11.5 Å². The van der Waals surface area contributed by atoms with Crippen molar-refractivity contribution in [2.75, 3.05) is 37.3 Å². The van der Waals surface area contributed by atoms with Crippen molar-refractivity contribution in [2.45, 2.75) is 19.4 Å². The number of hydrogen-bond donors (Lipinski definition) is 1. The Bertz CT molecular complexity index is 396. The first kappa shape index (κ1) is 12.5. The van der Waals surface area contributed by atoms with Gasteiger partial charge in [-0.3, -0.25) is 0 Å². The second kappa shape index (κ2) is 5.10. The fraction of sp³-hybridized carbons (Fsp3) is 0.583. The number of pyridine rings is 1. The van der Waals surface area contributed by atoms with Crippen LogP contribution in [0.3, 0.4) is 0 Å². The highest BCUT2D eigenvalue weighted by Crippen LogP contribution is 2.26. The quantitative estimate of drug-likeness (QED) is 0.831. The molecule has 1 aromatic heterocycles. The van der Waals surface area contributed by atoms with Crippen LogP contribution in [0.15, 0.2) is 12.3 Å². The molecule has 5 heteroatoms. The van der Waals surface area contributed by atoms with E-state index in [4.69, 9.17) is 17.3 Å². The zero-order valence-corrected chi connectivity index (χ0v) is 11.1. The SMILES string of the molecule is CC1CN(C)CCCN1c1ncc(Cl)cc1N. The number of nitrogens with zero attached hydrogens (tertiary/aromatic N) is 3. The number of anilines is 2. The third kappa shape index (κ3) is 2.82. The second-order valence-corrected chi connectivity index (χ2v) is 5.16. The Morgan fingerprint density at radius 1 is 1.47 bits per heavy atom. The molecule has 1 saturated heterocycles. The van der Waals surface area contributed by atoms with Crippen molar-refractivity contribution in [1.29, 1.82) is 0 Å². The topological polar surface area (TPSA) is 45.4 Å². The van der Waals surface area contributed by atoms with Gasteiger partial charge in [-0.05, 0) is 33.0 Å². The highest BCUT2D eigenvalue weighted by atomic mass is 35.5. The molecule has 2 rings (SSSR count). The number of nitrogens with two attached hydrogens (primary N) is 1. The average molecular weight is 255 g/mol. The molecule has 0 spiro atoms. The summed E-state index contributed by atoms with van der Waals surface area (Å²) in [5.74, 6) is 0.859. The van der Waals surface area contributed by atoms with Crippen LogP contribution in [-0.2, 0) is 0 Å². The minimum Gasteiger partial charge on any atom is -0.396 e. The lowest BCUT2D eigenvalue weighted by Crippen LogP contribution is -2.38. The minimum absolute atomic E-state index is 0.415. The van der Waals surface area contributed by atoms with Crippen molar-refractivity contribution in [3.63, 3.8) is 0 Å². The molecule has 1 aromatic rings. The maximum atomic E-state index is 6.00. The molecule has 4 nitrogen and oxygen atoms in total. The fourth-order valence-electron chi connectivity index (χ4n) is 2.37. The van der Waals surface area contributed by atoms with Gasteiger partial charge in [0.15, 0.2) is 5.82 Å². The fourth-order valence-corrected chi connectivity index (χ4v) is 2.54. The standard InChI is InChI=1S/C12H19ClN4/c1-9-8-16(2)4-3-5-17(9)12-11(14)6-10(13)7-15-12/h6-7,9H,3-5,8,14H2,1-2H3. The van der Waals surface area contributed by atoms with E-state index < -0.39 is 0 Å². The van der Waals surface area contributed by atoms with E-state index in [0.717, 1.165) is 31.9 Å². The highest BCUT2D eigenvalue weighted by molar-refractivity contribution is 6.30. The molecule has 0 radical (unpaired) electrons. The molecule has 17 heavy (non-hydrogen) atoms. The molecular formula is C12H19ClN4. The van der Waals surface area contributed by atoms with Gasteiger partial charge < -0.3 is 15.5 Å². The van der Waals surface area contributed by atoms with E-state index in [2.05, 4.69) is 28.8 Å². The Kier molecular flexibility index (Phi) is 3.74. The lowest BCUT2D eigenvalue weighted by Gasteiger charge is -2.29. The molecular weight excluding hydrogens is 236 g/mol.